The smallest absolute Gasteiger partial charge is 0.119 e. The average Bonchev–Trinajstić information content (AvgIpc) is 2.29. The molecule has 0 saturated carbocycles. The fourth-order valence-corrected chi connectivity index (χ4v) is 2.38. The summed E-state index contributed by atoms with van der Waals surface area (Å²) in [5.74, 6) is 0.401. The fraction of sp³-hybridized carbons (Fsp3) is 0.231. The van der Waals surface area contributed by atoms with Crippen LogP contribution in [0.1, 0.15) is 12.0 Å². The second-order valence-electron chi connectivity index (χ2n) is 3.76. The van der Waals surface area contributed by atoms with E-state index in [1.165, 1.54) is 6.08 Å². The van der Waals surface area contributed by atoms with Crippen molar-refractivity contribution in [2.75, 3.05) is 5.88 Å². The molecule has 0 heterocycles. The van der Waals surface area contributed by atoms with Crippen molar-refractivity contribution in [2.24, 2.45) is 5.92 Å². The van der Waals surface area contributed by atoms with Crippen LogP contribution in [0.5, 0.6) is 0 Å². The quantitative estimate of drug-likeness (QED) is 0.665. The average molecular weight is 257 g/mol. The predicted octanol–water partition coefficient (Wildman–Crippen LogP) is 4.84. The van der Waals surface area contributed by atoms with Crippen LogP contribution in [0.25, 0.3) is 5.57 Å². The van der Waals surface area contributed by atoms with Crippen LogP contribution < -0.4 is 0 Å². The summed E-state index contributed by atoms with van der Waals surface area (Å²) in [6, 6.07) is 7.45. The van der Waals surface area contributed by atoms with E-state index in [1.807, 2.05) is 18.2 Å². The number of benzene rings is 1. The molecular weight excluding hydrogens is 246 g/mol. The fourth-order valence-electron chi connectivity index (χ4n) is 1.85. The van der Waals surface area contributed by atoms with E-state index in [1.54, 1.807) is 12.1 Å². The lowest BCUT2D eigenvalue weighted by atomic mass is 9.87. The number of allylic oxidation sites excluding steroid dienone is 4. The highest BCUT2D eigenvalue weighted by atomic mass is 35.5. The van der Waals surface area contributed by atoms with Crippen molar-refractivity contribution >= 4 is 28.8 Å². The van der Waals surface area contributed by atoms with E-state index < -0.39 is 0 Å². The highest BCUT2D eigenvalue weighted by molar-refractivity contribution is 6.32. The Morgan fingerprint density at radius 3 is 2.75 bits per heavy atom. The maximum absolute atomic E-state index is 13.3. The van der Waals surface area contributed by atoms with Gasteiger partial charge in [-0.3, -0.25) is 0 Å². The SMILES string of the molecule is FC1=CCC(CCl)C(c2ccccc2Cl)=C1. The third kappa shape index (κ3) is 2.31. The Bertz CT molecular complexity index is 449. The van der Waals surface area contributed by atoms with Gasteiger partial charge in [-0.05, 0) is 35.8 Å². The molecule has 0 saturated heterocycles. The summed E-state index contributed by atoms with van der Waals surface area (Å²) in [7, 11) is 0. The molecule has 0 amide bonds. The Balaban J connectivity index is 2.45. The number of hydrogen-bond acceptors (Lipinski definition) is 0. The van der Waals surface area contributed by atoms with Gasteiger partial charge < -0.3 is 0 Å². The van der Waals surface area contributed by atoms with Crippen LogP contribution in [0, 0.1) is 5.92 Å². The monoisotopic (exact) mass is 256 g/mol. The summed E-state index contributed by atoms with van der Waals surface area (Å²) in [6.45, 7) is 0. The van der Waals surface area contributed by atoms with Crippen molar-refractivity contribution < 1.29 is 4.39 Å². The lowest BCUT2D eigenvalue weighted by Crippen LogP contribution is -2.08. The number of alkyl halides is 1. The van der Waals surface area contributed by atoms with Crippen LogP contribution in [0.2, 0.25) is 5.02 Å². The molecular formula is C13H11Cl2F. The van der Waals surface area contributed by atoms with E-state index >= 15 is 0 Å². The predicted molar refractivity (Wildman–Crippen MR) is 67.4 cm³/mol. The summed E-state index contributed by atoms with van der Waals surface area (Å²) in [6.07, 6.45) is 3.72. The first kappa shape index (κ1) is 11.7. The third-order valence-electron chi connectivity index (χ3n) is 2.70. The van der Waals surface area contributed by atoms with Gasteiger partial charge in [0.05, 0.1) is 0 Å². The van der Waals surface area contributed by atoms with Gasteiger partial charge in [0.15, 0.2) is 0 Å². The highest BCUT2D eigenvalue weighted by Gasteiger charge is 2.20. The number of halogens is 3. The van der Waals surface area contributed by atoms with Gasteiger partial charge in [-0.15, -0.1) is 11.6 Å². The van der Waals surface area contributed by atoms with Gasteiger partial charge in [0.2, 0.25) is 0 Å². The lowest BCUT2D eigenvalue weighted by molar-refractivity contribution is 0.634. The van der Waals surface area contributed by atoms with E-state index in [2.05, 4.69) is 0 Å². The Morgan fingerprint density at radius 1 is 1.31 bits per heavy atom. The molecule has 1 atom stereocenters. The number of rotatable bonds is 2. The second kappa shape index (κ2) is 5.03. The second-order valence-corrected chi connectivity index (χ2v) is 4.47. The van der Waals surface area contributed by atoms with Gasteiger partial charge in [-0.1, -0.05) is 29.8 Å². The van der Waals surface area contributed by atoms with Crippen molar-refractivity contribution in [2.45, 2.75) is 6.42 Å². The zero-order chi connectivity index (χ0) is 11.5. The van der Waals surface area contributed by atoms with Crippen LogP contribution in [-0.4, -0.2) is 5.88 Å². The molecule has 1 aromatic rings. The van der Waals surface area contributed by atoms with Gasteiger partial charge in [-0.2, -0.15) is 0 Å². The minimum atomic E-state index is -0.212. The van der Waals surface area contributed by atoms with E-state index in [4.69, 9.17) is 23.2 Å². The molecule has 84 valence electrons. The Hall–Kier alpha value is -0.790. The first-order valence-corrected chi connectivity index (χ1v) is 6.01. The standard InChI is InChI=1S/C13H11Cl2F/c14-8-9-5-6-10(16)7-12(9)11-3-1-2-4-13(11)15/h1-4,6-7,9H,5,8H2. The molecule has 0 fully saturated rings. The van der Waals surface area contributed by atoms with Crippen LogP contribution in [0.4, 0.5) is 4.39 Å². The summed E-state index contributed by atoms with van der Waals surface area (Å²) < 4.78 is 13.3. The lowest BCUT2D eigenvalue weighted by Gasteiger charge is -2.21. The van der Waals surface area contributed by atoms with Gasteiger partial charge in [0, 0.05) is 16.8 Å². The largest absolute Gasteiger partial charge is 0.207 e. The molecule has 1 aromatic carbocycles. The topological polar surface area (TPSA) is 0 Å². The molecule has 0 nitrogen and oxygen atoms in total. The van der Waals surface area contributed by atoms with Gasteiger partial charge in [0.1, 0.15) is 5.83 Å². The molecule has 1 aliphatic rings. The molecule has 0 bridgehead atoms. The van der Waals surface area contributed by atoms with Crippen LogP contribution in [0.3, 0.4) is 0 Å². The molecule has 0 aromatic heterocycles. The molecule has 0 radical (unpaired) electrons. The number of hydrogen-bond donors (Lipinski definition) is 0. The summed E-state index contributed by atoms with van der Waals surface area (Å²) >= 11 is 12.0. The first-order valence-electron chi connectivity index (χ1n) is 5.10. The normalized spacial score (nSPS) is 20.3. The van der Waals surface area contributed by atoms with Gasteiger partial charge in [-0.25, -0.2) is 4.39 Å². The highest BCUT2D eigenvalue weighted by Crippen LogP contribution is 2.36. The minimum absolute atomic E-state index is 0.140. The molecule has 2 rings (SSSR count). The maximum atomic E-state index is 13.3. The van der Waals surface area contributed by atoms with E-state index in [0.717, 1.165) is 11.1 Å². The zero-order valence-corrected chi connectivity index (χ0v) is 10.1. The molecule has 0 spiro atoms. The molecule has 1 unspecified atom stereocenters. The van der Waals surface area contributed by atoms with E-state index in [9.17, 15) is 4.39 Å². The van der Waals surface area contributed by atoms with Crippen molar-refractivity contribution in [3.05, 3.63) is 52.8 Å². The minimum Gasteiger partial charge on any atom is -0.207 e. The van der Waals surface area contributed by atoms with Gasteiger partial charge >= 0.3 is 0 Å². The van der Waals surface area contributed by atoms with Gasteiger partial charge in [0.25, 0.3) is 0 Å². The first-order chi connectivity index (χ1) is 7.72. The van der Waals surface area contributed by atoms with Crippen LogP contribution in [0.15, 0.2) is 42.2 Å². The molecule has 1 aliphatic carbocycles. The van der Waals surface area contributed by atoms with E-state index in [0.29, 0.717) is 17.3 Å². The molecule has 3 heteroatoms. The van der Waals surface area contributed by atoms with E-state index in [-0.39, 0.29) is 11.7 Å². The molecule has 0 aliphatic heterocycles. The Labute approximate surface area is 104 Å². The molecule has 0 N–H and O–H groups in total. The van der Waals surface area contributed by atoms with Crippen molar-refractivity contribution in [3.63, 3.8) is 0 Å². The maximum Gasteiger partial charge on any atom is 0.119 e. The van der Waals surface area contributed by atoms with Crippen molar-refractivity contribution in [3.8, 4) is 0 Å². The van der Waals surface area contributed by atoms with Crippen molar-refractivity contribution in [1.29, 1.82) is 0 Å². The Kier molecular flexibility index (Phi) is 3.67. The third-order valence-corrected chi connectivity index (χ3v) is 3.40. The molecule has 16 heavy (non-hydrogen) atoms. The zero-order valence-electron chi connectivity index (χ0n) is 8.59. The summed E-state index contributed by atoms with van der Waals surface area (Å²) in [5.41, 5.74) is 1.76. The van der Waals surface area contributed by atoms with Crippen molar-refractivity contribution in [1.82, 2.24) is 0 Å². The summed E-state index contributed by atoms with van der Waals surface area (Å²) in [5, 5.41) is 0.638. The Morgan fingerprint density at radius 2 is 2.06 bits per heavy atom. The summed E-state index contributed by atoms with van der Waals surface area (Å²) in [4.78, 5) is 0. The van der Waals surface area contributed by atoms with Crippen LogP contribution >= 0.6 is 23.2 Å². The van der Waals surface area contributed by atoms with Crippen LogP contribution in [-0.2, 0) is 0 Å².